The van der Waals surface area contributed by atoms with Crippen LogP contribution in [0.2, 0.25) is 0 Å². The fourth-order valence-corrected chi connectivity index (χ4v) is 6.65. The molecule has 3 aromatic heterocycles. The SMILES string of the molecule is Cc1ccc2c(c1)c1cc(C)ccc1n2-c1cccc2c1oc1cccc(-c3ccc4oc5ccccc5c4c3)c12. The quantitative estimate of drug-likeness (QED) is 0.224. The van der Waals surface area contributed by atoms with Gasteiger partial charge in [0.25, 0.3) is 0 Å². The number of furan rings is 2. The molecule has 0 aliphatic rings. The summed E-state index contributed by atoms with van der Waals surface area (Å²) in [7, 11) is 0. The van der Waals surface area contributed by atoms with E-state index >= 15 is 0 Å². The van der Waals surface area contributed by atoms with Crippen molar-refractivity contribution in [1.29, 1.82) is 0 Å². The number of rotatable bonds is 2. The molecule has 0 N–H and O–H groups in total. The van der Waals surface area contributed by atoms with Crippen molar-refractivity contribution in [2.24, 2.45) is 0 Å². The van der Waals surface area contributed by atoms with Gasteiger partial charge in [0, 0.05) is 32.3 Å². The third-order valence-corrected chi connectivity index (χ3v) is 8.51. The number of para-hydroxylation sites is 2. The highest BCUT2D eigenvalue weighted by Crippen LogP contribution is 2.42. The van der Waals surface area contributed by atoms with Crippen LogP contribution in [0.25, 0.3) is 82.5 Å². The van der Waals surface area contributed by atoms with Crippen LogP contribution in [0.4, 0.5) is 0 Å². The Hall–Kier alpha value is -5.28. The molecule has 0 aliphatic carbocycles. The third-order valence-electron chi connectivity index (χ3n) is 8.51. The van der Waals surface area contributed by atoms with E-state index in [9.17, 15) is 0 Å². The van der Waals surface area contributed by atoms with Crippen molar-refractivity contribution in [1.82, 2.24) is 4.57 Å². The Labute approximate surface area is 235 Å². The van der Waals surface area contributed by atoms with Crippen molar-refractivity contribution in [3.05, 3.63) is 126 Å². The molecule has 0 radical (unpaired) electrons. The smallest absolute Gasteiger partial charge is 0.159 e. The lowest BCUT2D eigenvalue weighted by Gasteiger charge is -2.09. The van der Waals surface area contributed by atoms with Gasteiger partial charge in [-0.25, -0.2) is 0 Å². The maximum Gasteiger partial charge on any atom is 0.159 e. The second-order valence-electron chi connectivity index (χ2n) is 11.1. The molecule has 0 unspecified atom stereocenters. The van der Waals surface area contributed by atoms with Gasteiger partial charge in [0.15, 0.2) is 5.58 Å². The molecular formula is C38H25NO2. The van der Waals surface area contributed by atoms with Gasteiger partial charge in [-0.2, -0.15) is 0 Å². The van der Waals surface area contributed by atoms with Crippen molar-refractivity contribution in [2.45, 2.75) is 13.8 Å². The summed E-state index contributed by atoms with van der Waals surface area (Å²) in [5.41, 5.74) is 11.8. The Morgan fingerprint density at radius 3 is 1.98 bits per heavy atom. The van der Waals surface area contributed by atoms with E-state index in [2.05, 4.69) is 122 Å². The van der Waals surface area contributed by atoms with Crippen molar-refractivity contribution in [3.8, 4) is 16.8 Å². The first-order valence-corrected chi connectivity index (χ1v) is 14.0. The van der Waals surface area contributed by atoms with E-state index in [0.29, 0.717) is 0 Å². The van der Waals surface area contributed by atoms with Crippen LogP contribution in [-0.4, -0.2) is 4.57 Å². The highest BCUT2D eigenvalue weighted by atomic mass is 16.3. The standard InChI is InChI=1S/C38H25NO2/c1-22-13-16-31-28(19-22)29-20-23(2)14-17-32(29)39(31)33-10-5-9-27-37-25(8-6-12-36(37)41-38(27)33)24-15-18-35-30(21-24)26-7-3-4-11-34(26)40-35/h3-21H,1-2H3. The molecule has 0 amide bonds. The zero-order valence-electron chi connectivity index (χ0n) is 22.7. The summed E-state index contributed by atoms with van der Waals surface area (Å²) in [6.07, 6.45) is 0. The zero-order valence-corrected chi connectivity index (χ0v) is 22.7. The summed E-state index contributed by atoms with van der Waals surface area (Å²) in [4.78, 5) is 0. The molecule has 194 valence electrons. The Morgan fingerprint density at radius 1 is 0.488 bits per heavy atom. The van der Waals surface area contributed by atoms with Crippen LogP contribution in [0.1, 0.15) is 11.1 Å². The maximum absolute atomic E-state index is 6.72. The third kappa shape index (κ3) is 3.14. The fraction of sp³-hybridized carbons (Fsp3) is 0.0526. The van der Waals surface area contributed by atoms with Gasteiger partial charge in [-0.1, -0.05) is 71.8 Å². The van der Waals surface area contributed by atoms with Crippen molar-refractivity contribution < 1.29 is 8.83 Å². The number of nitrogens with zero attached hydrogens (tertiary/aromatic N) is 1. The van der Waals surface area contributed by atoms with Gasteiger partial charge in [-0.3, -0.25) is 0 Å². The lowest BCUT2D eigenvalue weighted by Crippen LogP contribution is -1.94. The van der Waals surface area contributed by atoms with E-state index in [1.165, 1.54) is 32.9 Å². The van der Waals surface area contributed by atoms with Crippen LogP contribution in [-0.2, 0) is 0 Å². The predicted molar refractivity (Wildman–Crippen MR) is 170 cm³/mol. The molecule has 0 fully saturated rings. The first kappa shape index (κ1) is 22.5. The first-order valence-electron chi connectivity index (χ1n) is 14.0. The number of fused-ring (bicyclic) bond motifs is 9. The van der Waals surface area contributed by atoms with E-state index in [1.807, 2.05) is 12.1 Å². The molecule has 0 saturated heterocycles. The van der Waals surface area contributed by atoms with Crippen LogP contribution in [0.5, 0.6) is 0 Å². The molecule has 41 heavy (non-hydrogen) atoms. The number of aryl methyl sites for hydroxylation is 2. The summed E-state index contributed by atoms with van der Waals surface area (Å²) in [5.74, 6) is 0. The number of hydrogen-bond acceptors (Lipinski definition) is 2. The Kier molecular flexibility index (Phi) is 4.46. The van der Waals surface area contributed by atoms with E-state index < -0.39 is 0 Å². The van der Waals surface area contributed by atoms with Crippen molar-refractivity contribution >= 4 is 65.7 Å². The fourth-order valence-electron chi connectivity index (χ4n) is 6.65. The second-order valence-corrected chi connectivity index (χ2v) is 11.1. The second kappa shape index (κ2) is 8.12. The molecule has 0 atom stereocenters. The summed E-state index contributed by atoms with van der Waals surface area (Å²) in [6.45, 7) is 4.31. The number of hydrogen-bond donors (Lipinski definition) is 0. The normalized spacial score (nSPS) is 12.1. The molecule has 0 saturated carbocycles. The van der Waals surface area contributed by atoms with Gasteiger partial charge in [0.2, 0.25) is 0 Å². The highest BCUT2D eigenvalue weighted by Gasteiger charge is 2.20. The summed E-state index contributed by atoms with van der Waals surface area (Å²) < 4.78 is 15.2. The van der Waals surface area contributed by atoms with Crippen LogP contribution < -0.4 is 0 Å². The van der Waals surface area contributed by atoms with E-state index in [4.69, 9.17) is 8.83 Å². The molecule has 9 aromatic rings. The summed E-state index contributed by atoms with van der Waals surface area (Å²) in [6, 6.07) is 41.0. The Bertz CT molecular complexity index is 2440. The van der Waals surface area contributed by atoms with Crippen LogP contribution in [0.3, 0.4) is 0 Å². The highest BCUT2D eigenvalue weighted by molar-refractivity contribution is 6.17. The molecule has 9 rings (SSSR count). The van der Waals surface area contributed by atoms with Crippen LogP contribution in [0.15, 0.2) is 124 Å². The summed E-state index contributed by atoms with van der Waals surface area (Å²) >= 11 is 0. The van der Waals surface area contributed by atoms with E-state index in [-0.39, 0.29) is 0 Å². The van der Waals surface area contributed by atoms with Gasteiger partial charge < -0.3 is 13.4 Å². The first-order chi connectivity index (χ1) is 20.1. The Balaban J connectivity index is 1.34. The molecule has 3 heteroatoms. The van der Waals surface area contributed by atoms with Crippen LogP contribution >= 0.6 is 0 Å². The molecule has 0 spiro atoms. The van der Waals surface area contributed by atoms with E-state index in [0.717, 1.165) is 60.7 Å². The van der Waals surface area contributed by atoms with Crippen LogP contribution in [0, 0.1) is 13.8 Å². The van der Waals surface area contributed by atoms with Gasteiger partial charge in [-0.15, -0.1) is 0 Å². The molecule has 3 nitrogen and oxygen atoms in total. The monoisotopic (exact) mass is 527 g/mol. The van der Waals surface area contributed by atoms with Gasteiger partial charge in [0.05, 0.1) is 16.7 Å². The minimum Gasteiger partial charge on any atom is -0.456 e. The molecule has 0 aliphatic heterocycles. The van der Waals surface area contributed by atoms with Crippen molar-refractivity contribution in [2.75, 3.05) is 0 Å². The minimum atomic E-state index is 0.884. The van der Waals surface area contributed by atoms with Crippen molar-refractivity contribution in [3.63, 3.8) is 0 Å². The average Bonchev–Trinajstić information content (AvgIpc) is 3.66. The minimum absolute atomic E-state index is 0.884. The molecule has 0 bridgehead atoms. The Morgan fingerprint density at radius 2 is 1.17 bits per heavy atom. The predicted octanol–water partition coefficient (Wildman–Crippen LogP) is 10.9. The van der Waals surface area contributed by atoms with E-state index in [1.54, 1.807) is 0 Å². The number of benzene rings is 6. The largest absolute Gasteiger partial charge is 0.456 e. The van der Waals surface area contributed by atoms with Gasteiger partial charge in [-0.05, 0) is 79.6 Å². The molecule has 6 aromatic carbocycles. The zero-order chi connectivity index (χ0) is 27.2. The lowest BCUT2D eigenvalue weighted by atomic mass is 9.98. The van der Waals surface area contributed by atoms with Gasteiger partial charge >= 0.3 is 0 Å². The van der Waals surface area contributed by atoms with Gasteiger partial charge in [0.1, 0.15) is 16.7 Å². The summed E-state index contributed by atoms with van der Waals surface area (Å²) in [5, 5.41) is 7.02. The lowest BCUT2D eigenvalue weighted by molar-refractivity contribution is 0.666. The topological polar surface area (TPSA) is 31.2 Å². The molecular weight excluding hydrogens is 502 g/mol. The molecule has 3 heterocycles. The average molecular weight is 528 g/mol. The number of aromatic nitrogens is 1. The maximum atomic E-state index is 6.72.